The second-order valence-electron chi connectivity index (χ2n) is 3.10. The highest BCUT2D eigenvalue weighted by Gasteiger charge is 2.02. The van der Waals surface area contributed by atoms with Crippen LogP contribution in [0.4, 0.5) is 0 Å². The fourth-order valence-corrected chi connectivity index (χ4v) is 1.41. The van der Waals surface area contributed by atoms with E-state index < -0.39 is 0 Å². The zero-order valence-electron chi connectivity index (χ0n) is 8.03. The van der Waals surface area contributed by atoms with Gasteiger partial charge in [0.1, 0.15) is 11.5 Å². The fourth-order valence-electron chi connectivity index (χ4n) is 1.41. The monoisotopic (exact) mass is 190 g/mol. The van der Waals surface area contributed by atoms with Crippen molar-refractivity contribution in [1.29, 1.82) is 0 Å². The van der Waals surface area contributed by atoms with E-state index >= 15 is 0 Å². The lowest BCUT2D eigenvalue weighted by Crippen LogP contribution is -2.00. The topological polar surface area (TPSA) is 39.4 Å². The minimum absolute atomic E-state index is 0.320. The van der Waals surface area contributed by atoms with Crippen LogP contribution in [0.25, 0.3) is 10.8 Å². The quantitative estimate of drug-likeness (QED) is 0.691. The van der Waals surface area contributed by atoms with Crippen molar-refractivity contribution in [1.82, 2.24) is 0 Å². The summed E-state index contributed by atoms with van der Waals surface area (Å²) in [5.41, 5.74) is -0.320. The molecule has 0 saturated carbocycles. The zero-order valence-corrected chi connectivity index (χ0v) is 8.03. The van der Waals surface area contributed by atoms with Crippen LogP contribution in [0.3, 0.4) is 0 Å². The highest BCUT2D eigenvalue weighted by molar-refractivity contribution is 5.82. The molecule has 0 amide bonds. The van der Waals surface area contributed by atoms with Gasteiger partial charge in [-0.15, -0.1) is 0 Å². The van der Waals surface area contributed by atoms with Crippen molar-refractivity contribution in [2.45, 2.75) is 6.92 Å². The van der Waals surface area contributed by atoms with E-state index in [0.29, 0.717) is 16.9 Å². The van der Waals surface area contributed by atoms with Crippen LogP contribution >= 0.6 is 0 Å². The summed E-state index contributed by atoms with van der Waals surface area (Å²) in [5.74, 6) is 1.28. The Morgan fingerprint density at radius 1 is 1.29 bits per heavy atom. The Morgan fingerprint density at radius 2 is 2.07 bits per heavy atom. The maximum Gasteiger partial charge on any atom is 0.343 e. The van der Waals surface area contributed by atoms with Crippen molar-refractivity contribution in [2.24, 2.45) is 0 Å². The third-order valence-corrected chi connectivity index (χ3v) is 2.09. The summed E-state index contributed by atoms with van der Waals surface area (Å²) in [4.78, 5) is 11.4. The molecule has 3 nitrogen and oxygen atoms in total. The van der Waals surface area contributed by atoms with Crippen LogP contribution in [0.5, 0.6) is 5.75 Å². The molecule has 14 heavy (non-hydrogen) atoms. The van der Waals surface area contributed by atoms with Crippen LogP contribution in [-0.2, 0) is 0 Å². The SMILES string of the molecule is COc1ccc2cc(C)oc(=O)c2c1. The van der Waals surface area contributed by atoms with Crippen molar-refractivity contribution in [2.75, 3.05) is 7.11 Å². The van der Waals surface area contributed by atoms with Crippen molar-refractivity contribution < 1.29 is 9.15 Å². The fraction of sp³-hybridized carbons (Fsp3) is 0.182. The Balaban J connectivity index is 2.82. The van der Waals surface area contributed by atoms with Gasteiger partial charge in [-0.3, -0.25) is 0 Å². The zero-order chi connectivity index (χ0) is 10.1. The van der Waals surface area contributed by atoms with Gasteiger partial charge >= 0.3 is 5.63 Å². The third-order valence-electron chi connectivity index (χ3n) is 2.09. The van der Waals surface area contributed by atoms with Crippen LogP contribution in [0, 0.1) is 6.92 Å². The van der Waals surface area contributed by atoms with E-state index in [-0.39, 0.29) is 5.63 Å². The Labute approximate surface area is 80.9 Å². The molecule has 0 saturated heterocycles. The van der Waals surface area contributed by atoms with Gasteiger partial charge in [0.2, 0.25) is 0 Å². The highest BCUT2D eigenvalue weighted by Crippen LogP contribution is 2.18. The number of benzene rings is 1. The molecule has 0 aliphatic rings. The molecule has 2 aromatic rings. The smallest absolute Gasteiger partial charge is 0.343 e. The number of aryl methyl sites for hydroxylation is 1. The summed E-state index contributed by atoms with van der Waals surface area (Å²) >= 11 is 0. The van der Waals surface area contributed by atoms with Crippen LogP contribution in [0.1, 0.15) is 5.76 Å². The van der Waals surface area contributed by atoms with Gasteiger partial charge < -0.3 is 9.15 Å². The lowest BCUT2D eigenvalue weighted by molar-refractivity contribution is 0.415. The van der Waals surface area contributed by atoms with E-state index in [1.165, 1.54) is 0 Å². The van der Waals surface area contributed by atoms with Crippen LogP contribution in [-0.4, -0.2) is 7.11 Å². The van der Waals surface area contributed by atoms with Gasteiger partial charge in [-0.1, -0.05) is 6.07 Å². The summed E-state index contributed by atoms with van der Waals surface area (Å²) in [6.07, 6.45) is 0. The third kappa shape index (κ3) is 1.37. The van der Waals surface area contributed by atoms with Crippen LogP contribution in [0.2, 0.25) is 0 Å². The largest absolute Gasteiger partial charge is 0.497 e. The summed E-state index contributed by atoms with van der Waals surface area (Å²) in [6, 6.07) is 7.18. The Morgan fingerprint density at radius 3 is 2.79 bits per heavy atom. The summed E-state index contributed by atoms with van der Waals surface area (Å²) in [7, 11) is 1.57. The molecular formula is C11H10O3. The van der Waals surface area contributed by atoms with E-state index in [0.717, 1.165) is 5.39 Å². The molecule has 0 aliphatic carbocycles. The van der Waals surface area contributed by atoms with Crippen molar-refractivity contribution in [3.63, 3.8) is 0 Å². The molecule has 0 atom stereocenters. The molecule has 0 fully saturated rings. The predicted octanol–water partition coefficient (Wildman–Crippen LogP) is 2.11. The normalized spacial score (nSPS) is 10.4. The summed E-state index contributed by atoms with van der Waals surface area (Å²) in [6.45, 7) is 1.76. The number of fused-ring (bicyclic) bond motifs is 1. The Bertz CT molecular complexity index is 526. The summed E-state index contributed by atoms with van der Waals surface area (Å²) in [5, 5.41) is 1.43. The first-order chi connectivity index (χ1) is 6.70. The van der Waals surface area contributed by atoms with Crippen LogP contribution < -0.4 is 10.4 Å². The van der Waals surface area contributed by atoms with Crippen LogP contribution in [0.15, 0.2) is 33.5 Å². The lowest BCUT2D eigenvalue weighted by atomic mass is 10.1. The number of hydrogen-bond acceptors (Lipinski definition) is 3. The van der Waals surface area contributed by atoms with E-state index in [2.05, 4.69) is 0 Å². The van der Waals surface area contributed by atoms with Gasteiger partial charge in [-0.2, -0.15) is 0 Å². The number of rotatable bonds is 1. The number of hydrogen-bond donors (Lipinski definition) is 0. The average Bonchev–Trinajstić information content (AvgIpc) is 2.17. The average molecular weight is 190 g/mol. The maximum atomic E-state index is 11.4. The molecule has 0 radical (unpaired) electrons. The standard InChI is InChI=1S/C11H10O3/c1-7-5-8-3-4-9(13-2)6-10(8)11(12)14-7/h3-6H,1-2H3. The molecule has 0 N–H and O–H groups in total. The second-order valence-corrected chi connectivity index (χ2v) is 3.10. The molecule has 1 aromatic heterocycles. The Hall–Kier alpha value is -1.77. The predicted molar refractivity (Wildman–Crippen MR) is 53.8 cm³/mol. The second kappa shape index (κ2) is 3.18. The molecular weight excluding hydrogens is 180 g/mol. The Kier molecular flexibility index (Phi) is 2.00. The van der Waals surface area contributed by atoms with E-state index in [1.54, 1.807) is 20.1 Å². The van der Waals surface area contributed by atoms with Gasteiger partial charge in [-0.25, -0.2) is 4.79 Å². The van der Waals surface area contributed by atoms with E-state index in [1.807, 2.05) is 18.2 Å². The minimum atomic E-state index is -0.320. The maximum absolute atomic E-state index is 11.4. The van der Waals surface area contributed by atoms with Crippen molar-refractivity contribution in [3.05, 3.63) is 40.4 Å². The molecule has 0 spiro atoms. The molecule has 1 heterocycles. The number of ether oxygens (including phenoxy) is 1. The van der Waals surface area contributed by atoms with E-state index in [9.17, 15) is 4.79 Å². The molecule has 0 unspecified atom stereocenters. The van der Waals surface area contributed by atoms with Gasteiger partial charge in [0.15, 0.2) is 0 Å². The first-order valence-corrected chi connectivity index (χ1v) is 4.29. The molecule has 3 heteroatoms. The lowest BCUT2D eigenvalue weighted by Gasteiger charge is -2.01. The molecule has 0 aliphatic heterocycles. The van der Waals surface area contributed by atoms with E-state index in [4.69, 9.17) is 9.15 Å². The highest BCUT2D eigenvalue weighted by atomic mass is 16.5. The molecule has 1 aromatic carbocycles. The van der Waals surface area contributed by atoms with Gasteiger partial charge in [0.25, 0.3) is 0 Å². The summed E-state index contributed by atoms with van der Waals surface area (Å²) < 4.78 is 10.0. The molecule has 2 rings (SSSR count). The first-order valence-electron chi connectivity index (χ1n) is 4.29. The van der Waals surface area contributed by atoms with Crippen molar-refractivity contribution >= 4 is 10.8 Å². The first kappa shape index (κ1) is 8.81. The van der Waals surface area contributed by atoms with Gasteiger partial charge in [0, 0.05) is 0 Å². The van der Waals surface area contributed by atoms with Gasteiger partial charge in [-0.05, 0) is 30.5 Å². The van der Waals surface area contributed by atoms with Gasteiger partial charge in [0.05, 0.1) is 12.5 Å². The molecule has 72 valence electrons. The van der Waals surface area contributed by atoms with Crippen molar-refractivity contribution in [3.8, 4) is 5.75 Å². The number of methoxy groups -OCH3 is 1. The minimum Gasteiger partial charge on any atom is -0.497 e. The molecule has 0 bridgehead atoms.